The fraction of sp³-hybridized carbons (Fsp3) is 0.273. The second kappa shape index (κ2) is 4.23. The number of hydrogen-bond acceptors (Lipinski definition) is 4. The molecule has 1 aromatic carbocycles. The van der Waals surface area contributed by atoms with Gasteiger partial charge in [-0.2, -0.15) is 0 Å². The zero-order valence-electron chi connectivity index (χ0n) is 9.16. The van der Waals surface area contributed by atoms with Crippen molar-refractivity contribution in [1.29, 1.82) is 0 Å². The predicted molar refractivity (Wildman–Crippen MR) is 66.4 cm³/mol. The summed E-state index contributed by atoms with van der Waals surface area (Å²) in [5, 5.41) is 1.53. The molecule has 4 nitrogen and oxygen atoms in total. The van der Waals surface area contributed by atoms with Gasteiger partial charge in [0.15, 0.2) is 5.82 Å². The summed E-state index contributed by atoms with van der Waals surface area (Å²) in [4.78, 5) is 8.81. The molecule has 0 saturated carbocycles. The Morgan fingerprint density at radius 3 is 2.69 bits per heavy atom. The molecule has 2 aromatic rings. The summed E-state index contributed by atoms with van der Waals surface area (Å²) in [6.45, 7) is 4.07. The van der Waals surface area contributed by atoms with Gasteiger partial charge in [-0.3, -0.25) is 0 Å². The van der Waals surface area contributed by atoms with E-state index in [4.69, 9.17) is 17.4 Å². The smallest absolute Gasteiger partial charge is 0.151 e. The molecule has 1 heterocycles. The van der Waals surface area contributed by atoms with E-state index in [1.54, 1.807) is 6.07 Å². The number of nitrogens with one attached hydrogen (secondary N) is 1. The number of nitrogens with zero attached hydrogens (tertiary/aromatic N) is 2. The highest BCUT2D eigenvalue weighted by Crippen LogP contribution is 2.24. The first-order valence-electron chi connectivity index (χ1n) is 5.05. The lowest BCUT2D eigenvalue weighted by Gasteiger charge is -2.09. The van der Waals surface area contributed by atoms with Gasteiger partial charge in [-0.15, -0.1) is 0 Å². The van der Waals surface area contributed by atoms with E-state index in [-0.39, 0.29) is 5.92 Å². The van der Waals surface area contributed by atoms with E-state index >= 15 is 0 Å². The van der Waals surface area contributed by atoms with Crippen molar-refractivity contribution < 1.29 is 0 Å². The van der Waals surface area contributed by atoms with Crippen molar-refractivity contribution >= 4 is 28.3 Å². The third-order valence-electron chi connectivity index (χ3n) is 2.33. The van der Waals surface area contributed by atoms with Crippen molar-refractivity contribution in [3.05, 3.63) is 29.0 Å². The Labute approximate surface area is 98.8 Å². The van der Waals surface area contributed by atoms with Crippen LogP contribution in [0.2, 0.25) is 5.02 Å². The van der Waals surface area contributed by atoms with Gasteiger partial charge in [-0.25, -0.2) is 15.8 Å². The van der Waals surface area contributed by atoms with Gasteiger partial charge < -0.3 is 5.43 Å². The van der Waals surface area contributed by atoms with Crippen LogP contribution in [0.3, 0.4) is 0 Å². The number of aromatic nitrogens is 2. The summed E-state index contributed by atoms with van der Waals surface area (Å²) in [6, 6.07) is 5.46. The standard InChI is InChI=1S/C11H13ClN4/c1-6(2)10-14-9-5-7(12)3-4-8(9)11(15-10)16-13/h3-6H,13H2,1-2H3,(H,14,15,16). The molecule has 0 fully saturated rings. The number of nitrogen functional groups attached to an aromatic ring is 1. The lowest BCUT2D eigenvalue weighted by Crippen LogP contribution is -2.11. The number of halogens is 1. The Kier molecular flexibility index (Phi) is 2.94. The van der Waals surface area contributed by atoms with Crippen molar-refractivity contribution in [2.75, 3.05) is 5.43 Å². The highest BCUT2D eigenvalue weighted by atomic mass is 35.5. The van der Waals surface area contributed by atoms with Crippen molar-refractivity contribution in [2.24, 2.45) is 5.84 Å². The molecule has 0 atom stereocenters. The van der Waals surface area contributed by atoms with Crippen LogP contribution in [-0.4, -0.2) is 9.97 Å². The van der Waals surface area contributed by atoms with Crippen LogP contribution in [0.1, 0.15) is 25.6 Å². The van der Waals surface area contributed by atoms with E-state index in [2.05, 4.69) is 15.4 Å². The number of anilines is 1. The van der Waals surface area contributed by atoms with Crippen molar-refractivity contribution in [3.63, 3.8) is 0 Å². The largest absolute Gasteiger partial charge is 0.308 e. The number of hydrazine groups is 1. The molecule has 2 rings (SSSR count). The van der Waals surface area contributed by atoms with E-state index in [1.807, 2.05) is 26.0 Å². The molecule has 0 bridgehead atoms. The summed E-state index contributed by atoms with van der Waals surface area (Å²) in [5.41, 5.74) is 3.40. The van der Waals surface area contributed by atoms with Gasteiger partial charge >= 0.3 is 0 Å². The normalized spacial score (nSPS) is 11.1. The first-order chi connectivity index (χ1) is 7.61. The minimum absolute atomic E-state index is 0.246. The van der Waals surface area contributed by atoms with Crippen LogP contribution in [-0.2, 0) is 0 Å². The third-order valence-corrected chi connectivity index (χ3v) is 2.56. The third kappa shape index (κ3) is 1.94. The van der Waals surface area contributed by atoms with Crippen LogP contribution in [0.15, 0.2) is 18.2 Å². The molecule has 0 aliphatic carbocycles. The quantitative estimate of drug-likeness (QED) is 0.622. The summed E-state index contributed by atoms with van der Waals surface area (Å²) in [7, 11) is 0. The van der Waals surface area contributed by atoms with Crippen molar-refractivity contribution in [3.8, 4) is 0 Å². The number of hydrogen-bond donors (Lipinski definition) is 2. The van der Waals surface area contributed by atoms with Gasteiger partial charge in [0.25, 0.3) is 0 Å². The molecule has 0 saturated heterocycles. The van der Waals surface area contributed by atoms with Crippen LogP contribution in [0.4, 0.5) is 5.82 Å². The Bertz CT molecular complexity index is 525. The Hall–Kier alpha value is -1.39. The minimum Gasteiger partial charge on any atom is -0.308 e. The van der Waals surface area contributed by atoms with E-state index < -0.39 is 0 Å². The maximum atomic E-state index is 5.93. The molecule has 0 spiro atoms. The molecular formula is C11H13ClN4. The first-order valence-corrected chi connectivity index (χ1v) is 5.43. The first kappa shape index (κ1) is 11.1. The monoisotopic (exact) mass is 236 g/mol. The van der Waals surface area contributed by atoms with Crippen LogP contribution >= 0.6 is 11.6 Å². The van der Waals surface area contributed by atoms with Crippen molar-refractivity contribution in [2.45, 2.75) is 19.8 Å². The molecule has 84 valence electrons. The van der Waals surface area contributed by atoms with Gasteiger partial charge in [0.2, 0.25) is 0 Å². The van der Waals surface area contributed by atoms with Crippen LogP contribution in [0.25, 0.3) is 10.9 Å². The highest BCUT2D eigenvalue weighted by Gasteiger charge is 2.09. The number of fused-ring (bicyclic) bond motifs is 1. The minimum atomic E-state index is 0.246. The maximum Gasteiger partial charge on any atom is 0.151 e. The van der Waals surface area contributed by atoms with Crippen LogP contribution in [0.5, 0.6) is 0 Å². The Morgan fingerprint density at radius 2 is 2.06 bits per heavy atom. The van der Waals surface area contributed by atoms with Gasteiger partial charge in [0.1, 0.15) is 5.82 Å². The number of nitrogens with two attached hydrogens (primary N) is 1. The zero-order valence-corrected chi connectivity index (χ0v) is 9.92. The van der Waals surface area contributed by atoms with E-state index in [0.29, 0.717) is 10.8 Å². The molecule has 0 radical (unpaired) electrons. The zero-order chi connectivity index (χ0) is 11.7. The highest BCUT2D eigenvalue weighted by molar-refractivity contribution is 6.31. The average molecular weight is 237 g/mol. The van der Waals surface area contributed by atoms with Crippen molar-refractivity contribution in [1.82, 2.24) is 9.97 Å². The Morgan fingerprint density at radius 1 is 1.31 bits per heavy atom. The fourth-order valence-electron chi connectivity index (χ4n) is 1.49. The summed E-state index contributed by atoms with van der Waals surface area (Å²) in [5.74, 6) is 7.08. The molecule has 5 heteroatoms. The summed E-state index contributed by atoms with van der Waals surface area (Å²) >= 11 is 5.93. The maximum absolute atomic E-state index is 5.93. The number of rotatable bonds is 2. The second-order valence-corrected chi connectivity index (χ2v) is 4.33. The molecule has 0 aliphatic heterocycles. The summed E-state index contributed by atoms with van der Waals surface area (Å²) < 4.78 is 0. The predicted octanol–water partition coefficient (Wildman–Crippen LogP) is 2.69. The SMILES string of the molecule is CC(C)c1nc(NN)c2ccc(Cl)cc2n1. The fourth-order valence-corrected chi connectivity index (χ4v) is 1.66. The van der Waals surface area contributed by atoms with Gasteiger partial charge in [-0.05, 0) is 18.2 Å². The van der Waals surface area contributed by atoms with Gasteiger partial charge in [0.05, 0.1) is 5.52 Å². The van der Waals surface area contributed by atoms with Gasteiger partial charge in [0, 0.05) is 16.3 Å². The second-order valence-electron chi connectivity index (χ2n) is 3.89. The lowest BCUT2D eigenvalue weighted by atomic mass is 10.2. The van der Waals surface area contributed by atoms with Crippen LogP contribution in [0, 0.1) is 0 Å². The summed E-state index contributed by atoms with van der Waals surface area (Å²) in [6.07, 6.45) is 0. The molecule has 3 N–H and O–H groups in total. The molecular weight excluding hydrogens is 224 g/mol. The van der Waals surface area contributed by atoms with E-state index in [9.17, 15) is 0 Å². The Balaban J connectivity index is 2.73. The topological polar surface area (TPSA) is 63.8 Å². The lowest BCUT2D eigenvalue weighted by molar-refractivity contribution is 0.784. The average Bonchev–Trinajstić information content (AvgIpc) is 2.26. The molecule has 0 aliphatic rings. The van der Waals surface area contributed by atoms with Crippen LogP contribution < -0.4 is 11.3 Å². The van der Waals surface area contributed by atoms with E-state index in [1.165, 1.54) is 0 Å². The number of benzene rings is 1. The van der Waals surface area contributed by atoms with Gasteiger partial charge in [-0.1, -0.05) is 25.4 Å². The molecule has 16 heavy (non-hydrogen) atoms. The molecule has 0 amide bonds. The molecule has 1 aromatic heterocycles. The van der Waals surface area contributed by atoms with E-state index in [0.717, 1.165) is 16.7 Å². The molecule has 0 unspecified atom stereocenters.